The van der Waals surface area contributed by atoms with E-state index in [1.807, 2.05) is 49.4 Å². The van der Waals surface area contributed by atoms with Crippen molar-refractivity contribution in [1.82, 2.24) is 10.6 Å². The third kappa shape index (κ3) is 5.32. The molecule has 2 amide bonds. The Kier molecular flexibility index (Phi) is 5.41. The van der Waals surface area contributed by atoms with E-state index in [1.54, 1.807) is 18.3 Å². The van der Waals surface area contributed by atoms with Crippen molar-refractivity contribution in [2.75, 3.05) is 0 Å². The lowest BCUT2D eigenvalue weighted by Gasteiger charge is -2.05. The second-order valence-corrected chi connectivity index (χ2v) is 5.13. The number of carbonyl (C=O) groups excluding carboxylic acids is 1. The summed E-state index contributed by atoms with van der Waals surface area (Å²) in [6.45, 7) is 2.53. The Morgan fingerprint density at radius 2 is 1.76 bits per heavy atom. The molecule has 2 aromatic carbocycles. The summed E-state index contributed by atoms with van der Waals surface area (Å²) in [5, 5.41) is 6.15. The van der Waals surface area contributed by atoms with E-state index < -0.39 is 0 Å². The van der Waals surface area contributed by atoms with Crippen LogP contribution in [0.15, 0.2) is 54.7 Å². The van der Waals surface area contributed by atoms with Crippen molar-refractivity contribution in [3.8, 4) is 0 Å². The summed E-state index contributed by atoms with van der Waals surface area (Å²) in [4.78, 5) is 11.6. The van der Waals surface area contributed by atoms with Crippen molar-refractivity contribution in [1.29, 1.82) is 0 Å². The molecule has 2 aromatic rings. The molecule has 0 aliphatic rings. The van der Waals surface area contributed by atoms with E-state index >= 15 is 0 Å². The van der Waals surface area contributed by atoms with E-state index in [4.69, 9.17) is 11.6 Å². The third-order valence-corrected chi connectivity index (χ3v) is 3.19. The molecule has 0 radical (unpaired) electrons. The lowest BCUT2D eigenvalue weighted by Crippen LogP contribution is -2.31. The largest absolute Gasteiger partial charge is 0.334 e. The van der Waals surface area contributed by atoms with Gasteiger partial charge in [0.05, 0.1) is 0 Å². The molecule has 0 fully saturated rings. The van der Waals surface area contributed by atoms with Crippen molar-refractivity contribution >= 4 is 23.7 Å². The Bertz CT molecular complexity index is 618. The van der Waals surface area contributed by atoms with Gasteiger partial charge in [0.25, 0.3) is 0 Å². The topological polar surface area (TPSA) is 41.1 Å². The van der Waals surface area contributed by atoms with Gasteiger partial charge in [-0.1, -0.05) is 53.6 Å². The second kappa shape index (κ2) is 7.50. The van der Waals surface area contributed by atoms with Crippen molar-refractivity contribution in [2.45, 2.75) is 13.5 Å². The number of rotatable bonds is 4. The average molecular weight is 301 g/mol. The zero-order chi connectivity index (χ0) is 15.1. The SMILES string of the molecule is Cc1ccc(CNC(=O)N/C=C/c2ccc(Cl)cc2)cc1. The first-order valence-electron chi connectivity index (χ1n) is 6.65. The van der Waals surface area contributed by atoms with Crippen molar-refractivity contribution in [3.05, 3.63) is 76.4 Å². The summed E-state index contributed by atoms with van der Waals surface area (Å²) in [5.74, 6) is 0. The van der Waals surface area contributed by atoms with Gasteiger partial charge in [-0.2, -0.15) is 0 Å². The Labute approximate surface area is 129 Å². The number of hydrogen-bond donors (Lipinski definition) is 2. The fraction of sp³-hybridized carbons (Fsp3) is 0.118. The van der Waals surface area contributed by atoms with E-state index in [1.165, 1.54) is 5.56 Å². The zero-order valence-corrected chi connectivity index (χ0v) is 12.5. The molecule has 108 valence electrons. The molecule has 0 saturated heterocycles. The van der Waals surface area contributed by atoms with Crippen LogP contribution in [-0.4, -0.2) is 6.03 Å². The highest BCUT2D eigenvalue weighted by Gasteiger charge is 1.97. The zero-order valence-electron chi connectivity index (χ0n) is 11.8. The molecule has 0 bridgehead atoms. The number of halogens is 1. The van der Waals surface area contributed by atoms with Crippen LogP contribution in [-0.2, 0) is 6.54 Å². The average Bonchev–Trinajstić information content (AvgIpc) is 2.49. The number of carbonyl (C=O) groups is 1. The summed E-state index contributed by atoms with van der Waals surface area (Å²) in [6, 6.07) is 15.2. The normalized spacial score (nSPS) is 10.6. The molecule has 4 heteroatoms. The standard InChI is InChI=1S/C17H17ClN2O/c1-13-2-4-15(5-3-13)12-20-17(21)19-11-10-14-6-8-16(18)9-7-14/h2-11H,12H2,1H3,(H2,19,20,21)/b11-10+. The number of hydrogen-bond acceptors (Lipinski definition) is 1. The highest BCUT2D eigenvalue weighted by Crippen LogP contribution is 2.10. The monoisotopic (exact) mass is 300 g/mol. The number of benzene rings is 2. The summed E-state index contributed by atoms with van der Waals surface area (Å²) in [6.07, 6.45) is 3.41. The maximum atomic E-state index is 11.6. The summed E-state index contributed by atoms with van der Waals surface area (Å²) in [5.41, 5.74) is 3.24. The van der Waals surface area contributed by atoms with Gasteiger partial charge in [0.1, 0.15) is 0 Å². The molecule has 3 nitrogen and oxygen atoms in total. The lowest BCUT2D eigenvalue weighted by atomic mass is 10.1. The number of amides is 2. The Morgan fingerprint density at radius 3 is 2.43 bits per heavy atom. The molecule has 21 heavy (non-hydrogen) atoms. The molecule has 0 spiro atoms. The van der Waals surface area contributed by atoms with Gasteiger partial charge >= 0.3 is 6.03 Å². The van der Waals surface area contributed by atoms with Gasteiger partial charge in [-0.15, -0.1) is 0 Å². The first-order valence-corrected chi connectivity index (χ1v) is 7.03. The Morgan fingerprint density at radius 1 is 1.10 bits per heavy atom. The lowest BCUT2D eigenvalue weighted by molar-refractivity contribution is 0.244. The van der Waals surface area contributed by atoms with Crippen LogP contribution in [0.2, 0.25) is 5.02 Å². The van der Waals surface area contributed by atoms with Gasteiger partial charge in [-0.05, 0) is 36.3 Å². The second-order valence-electron chi connectivity index (χ2n) is 4.70. The van der Waals surface area contributed by atoms with Crippen LogP contribution in [0.5, 0.6) is 0 Å². The molecule has 2 N–H and O–H groups in total. The first kappa shape index (κ1) is 15.1. The predicted octanol–water partition coefficient (Wildman–Crippen LogP) is 4.12. The fourth-order valence-electron chi connectivity index (χ4n) is 1.73. The smallest absolute Gasteiger partial charge is 0.319 e. The molecule has 0 unspecified atom stereocenters. The maximum absolute atomic E-state index is 11.6. The molecule has 0 heterocycles. The highest BCUT2D eigenvalue weighted by atomic mass is 35.5. The maximum Gasteiger partial charge on any atom is 0.319 e. The van der Waals surface area contributed by atoms with Crippen LogP contribution in [0.4, 0.5) is 4.79 Å². The van der Waals surface area contributed by atoms with Gasteiger partial charge < -0.3 is 10.6 Å². The minimum Gasteiger partial charge on any atom is -0.334 e. The summed E-state index contributed by atoms with van der Waals surface area (Å²) >= 11 is 5.80. The van der Waals surface area contributed by atoms with Crippen molar-refractivity contribution in [2.24, 2.45) is 0 Å². The number of aryl methyl sites for hydroxylation is 1. The van der Waals surface area contributed by atoms with Gasteiger partial charge in [0, 0.05) is 17.8 Å². The van der Waals surface area contributed by atoms with Crippen LogP contribution in [0, 0.1) is 6.92 Å². The van der Waals surface area contributed by atoms with Crippen LogP contribution < -0.4 is 10.6 Å². The molecular weight excluding hydrogens is 284 g/mol. The van der Waals surface area contributed by atoms with Crippen LogP contribution >= 0.6 is 11.6 Å². The minimum atomic E-state index is -0.235. The van der Waals surface area contributed by atoms with Crippen LogP contribution in [0.3, 0.4) is 0 Å². The number of urea groups is 1. The van der Waals surface area contributed by atoms with Crippen molar-refractivity contribution in [3.63, 3.8) is 0 Å². The van der Waals surface area contributed by atoms with Gasteiger partial charge in [0.15, 0.2) is 0 Å². The van der Waals surface area contributed by atoms with E-state index in [0.717, 1.165) is 11.1 Å². The van der Waals surface area contributed by atoms with E-state index in [0.29, 0.717) is 11.6 Å². The minimum absolute atomic E-state index is 0.235. The van der Waals surface area contributed by atoms with Gasteiger partial charge in [-0.25, -0.2) is 4.79 Å². The third-order valence-electron chi connectivity index (χ3n) is 2.93. The highest BCUT2D eigenvalue weighted by molar-refractivity contribution is 6.30. The molecule has 0 atom stereocenters. The van der Waals surface area contributed by atoms with Gasteiger partial charge in [-0.3, -0.25) is 0 Å². The Hall–Kier alpha value is -2.26. The fourth-order valence-corrected chi connectivity index (χ4v) is 1.85. The molecule has 0 aliphatic carbocycles. The van der Waals surface area contributed by atoms with E-state index in [2.05, 4.69) is 10.6 Å². The van der Waals surface area contributed by atoms with Crippen molar-refractivity contribution < 1.29 is 4.79 Å². The van der Waals surface area contributed by atoms with E-state index in [9.17, 15) is 4.79 Å². The van der Waals surface area contributed by atoms with Crippen LogP contribution in [0.1, 0.15) is 16.7 Å². The van der Waals surface area contributed by atoms with Crippen LogP contribution in [0.25, 0.3) is 6.08 Å². The molecule has 2 rings (SSSR count). The summed E-state index contributed by atoms with van der Waals surface area (Å²) < 4.78 is 0. The molecule has 0 aromatic heterocycles. The number of nitrogens with one attached hydrogen (secondary N) is 2. The summed E-state index contributed by atoms with van der Waals surface area (Å²) in [7, 11) is 0. The predicted molar refractivity (Wildman–Crippen MR) is 87.0 cm³/mol. The van der Waals surface area contributed by atoms with Gasteiger partial charge in [0.2, 0.25) is 0 Å². The first-order chi connectivity index (χ1) is 10.1. The molecule has 0 aliphatic heterocycles. The molecular formula is C17H17ClN2O. The van der Waals surface area contributed by atoms with E-state index in [-0.39, 0.29) is 6.03 Å². The molecule has 0 saturated carbocycles. The quantitative estimate of drug-likeness (QED) is 0.876. The Balaban J connectivity index is 1.77.